The Morgan fingerprint density at radius 2 is 1.45 bits per heavy atom. The highest BCUT2D eigenvalue weighted by Gasteiger charge is 2.34. The molecule has 0 saturated heterocycles. The molecular weight excluding hydrogens is 614 g/mol. The summed E-state index contributed by atoms with van der Waals surface area (Å²) in [4.78, 5) is 30.0. The zero-order valence-corrected chi connectivity index (χ0v) is 28.2. The fourth-order valence-corrected chi connectivity index (χ4v) is 6.57. The molecule has 4 aromatic carbocycles. The van der Waals surface area contributed by atoms with Crippen molar-refractivity contribution < 1.29 is 27.5 Å². The number of benzene rings is 4. The summed E-state index contributed by atoms with van der Waals surface area (Å²) in [6.45, 7) is 3.86. The lowest BCUT2D eigenvalue weighted by Crippen LogP contribution is -2.53. The van der Waals surface area contributed by atoms with Crippen LogP contribution in [0.1, 0.15) is 36.5 Å². The number of nitrogens with zero attached hydrogens (tertiary/aromatic N) is 2. The molecule has 47 heavy (non-hydrogen) atoms. The maximum absolute atomic E-state index is 14.6. The molecule has 2 amide bonds. The van der Waals surface area contributed by atoms with E-state index in [9.17, 15) is 18.0 Å². The monoisotopic (exact) mass is 657 g/mol. The molecule has 0 fully saturated rings. The first kappa shape index (κ1) is 35.0. The number of ether oxygens (including phenoxy) is 2. The van der Waals surface area contributed by atoms with Crippen LogP contribution >= 0.6 is 0 Å². The van der Waals surface area contributed by atoms with Gasteiger partial charge in [0.25, 0.3) is 10.0 Å². The minimum atomic E-state index is -4.22. The second kappa shape index (κ2) is 16.6. The number of hydrogen-bond donors (Lipinski definition) is 1. The van der Waals surface area contributed by atoms with Gasteiger partial charge in [-0.2, -0.15) is 0 Å². The second-order valence-corrected chi connectivity index (χ2v) is 13.1. The highest BCUT2D eigenvalue weighted by molar-refractivity contribution is 7.92. The van der Waals surface area contributed by atoms with Gasteiger partial charge in [-0.3, -0.25) is 13.9 Å². The van der Waals surface area contributed by atoms with Gasteiger partial charge < -0.3 is 19.7 Å². The summed E-state index contributed by atoms with van der Waals surface area (Å²) < 4.78 is 40.4. The molecule has 248 valence electrons. The van der Waals surface area contributed by atoms with E-state index in [1.807, 2.05) is 56.3 Å². The number of methoxy groups -OCH3 is 2. The van der Waals surface area contributed by atoms with Crippen molar-refractivity contribution in [2.45, 2.75) is 50.6 Å². The molecule has 0 unspecified atom stereocenters. The molecule has 0 aromatic heterocycles. The van der Waals surface area contributed by atoms with Crippen molar-refractivity contribution in [3.8, 4) is 11.5 Å². The van der Waals surface area contributed by atoms with Crippen LogP contribution in [0.3, 0.4) is 0 Å². The van der Waals surface area contributed by atoms with Crippen LogP contribution in [0.15, 0.2) is 108 Å². The number of unbranched alkanes of at least 4 members (excludes halogenated alkanes) is 1. The molecule has 0 aliphatic rings. The van der Waals surface area contributed by atoms with E-state index < -0.39 is 28.5 Å². The van der Waals surface area contributed by atoms with E-state index in [2.05, 4.69) is 5.32 Å². The fourth-order valence-electron chi connectivity index (χ4n) is 5.16. The zero-order valence-electron chi connectivity index (χ0n) is 27.4. The van der Waals surface area contributed by atoms with Crippen molar-refractivity contribution in [1.29, 1.82) is 0 Å². The van der Waals surface area contributed by atoms with Crippen LogP contribution in [-0.4, -0.2) is 58.5 Å². The van der Waals surface area contributed by atoms with Crippen molar-refractivity contribution in [3.05, 3.63) is 120 Å². The van der Waals surface area contributed by atoms with E-state index in [-0.39, 0.29) is 29.5 Å². The van der Waals surface area contributed by atoms with Crippen LogP contribution < -0.4 is 19.1 Å². The van der Waals surface area contributed by atoms with Gasteiger partial charge in [-0.1, -0.05) is 79.6 Å². The molecule has 1 atom stereocenters. The lowest BCUT2D eigenvalue weighted by molar-refractivity contribution is -0.140. The number of aryl methyl sites for hydroxylation is 1. The highest BCUT2D eigenvalue weighted by atomic mass is 32.2. The Hall–Kier alpha value is -4.83. The van der Waals surface area contributed by atoms with E-state index in [0.717, 1.165) is 33.8 Å². The van der Waals surface area contributed by atoms with E-state index in [1.54, 1.807) is 55.6 Å². The predicted molar refractivity (Wildman–Crippen MR) is 184 cm³/mol. The zero-order chi connectivity index (χ0) is 33.8. The molecule has 4 aromatic rings. The normalized spacial score (nSPS) is 11.7. The van der Waals surface area contributed by atoms with E-state index >= 15 is 0 Å². The number of anilines is 1. The van der Waals surface area contributed by atoms with Crippen LogP contribution in [0.5, 0.6) is 11.5 Å². The number of carbonyl (C=O) groups excluding carboxylic acids is 2. The van der Waals surface area contributed by atoms with Crippen LogP contribution in [-0.2, 0) is 32.6 Å². The van der Waals surface area contributed by atoms with Gasteiger partial charge in [-0.25, -0.2) is 8.42 Å². The third-order valence-electron chi connectivity index (χ3n) is 7.82. The average Bonchev–Trinajstić information content (AvgIpc) is 3.09. The van der Waals surface area contributed by atoms with Crippen molar-refractivity contribution in [2.75, 3.05) is 31.6 Å². The quantitative estimate of drug-likeness (QED) is 0.154. The summed E-state index contributed by atoms with van der Waals surface area (Å²) in [6.07, 6.45) is 1.91. The Kier molecular flexibility index (Phi) is 12.4. The summed E-state index contributed by atoms with van der Waals surface area (Å²) in [6, 6.07) is 28.8. The SMILES string of the molecule is CCCCNC(=O)[C@@H](Cc1ccccc1)N(Cc1cccc(OC)c1)C(=O)CN(c1cccc(OC)c1)S(=O)(=O)c1ccc(C)cc1. The van der Waals surface area contributed by atoms with Gasteiger partial charge in [0.05, 0.1) is 24.8 Å². The van der Waals surface area contributed by atoms with E-state index in [0.29, 0.717) is 18.0 Å². The molecule has 0 heterocycles. The molecule has 9 nitrogen and oxygen atoms in total. The van der Waals surface area contributed by atoms with Gasteiger partial charge in [0.15, 0.2) is 0 Å². The summed E-state index contributed by atoms with van der Waals surface area (Å²) in [7, 11) is -1.17. The number of amides is 2. The number of sulfonamides is 1. The van der Waals surface area contributed by atoms with Gasteiger partial charge in [0.1, 0.15) is 24.1 Å². The molecular formula is C37H43N3O6S. The maximum Gasteiger partial charge on any atom is 0.264 e. The summed E-state index contributed by atoms with van der Waals surface area (Å²) in [5, 5.41) is 3.00. The van der Waals surface area contributed by atoms with Crippen LogP contribution in [0.2, 0.25) is 0 Å². The molecule has 1 N–H and O–H groups in total. The van der Waals surface area contributed by atoms with Crippen molar-refractivity contribution in [2.24, 2.45) is 0 Å². The molecule has 0 bridgehead atoms. The molecule has 0 aliphatic heterocycles. The third-order valence-corrected chi connectivity index (χ3v) is 9.60. The average molecular weight is 658 g/mol. The van der Waals surface area contributed by atoms with E-state index in [4.69, 9.17) is 9.47 Å². The molecule has 0 saturated carbocycles. The Bertz CT molecular complexity index is 1730. The second-order valence-electron chi connectivity index (χ2n) is 11.2. The summed E-state index contributed by atoms with van der Waals surface area (Å²) in [5.74, 6) is 0.178. The standard InChI is InChI=1S/C37H43N3O6S/c1-5-6-22-38-37(42)35(24-29-12-8-7-9-13-29)39(26-30-14-10-16-32(23-30)45-3)36(41)27-40(31-15-11-17-33(25-31)46-4)47(43,44)34-20-18-28(2)19-21-34/h7-21,23,25,35H,5-6,22,24,26-27H2,1-4H3,(H,38,42)/t35-/m1/s1. The Balaban J connectivity index is 1.81. The lowest BCUT2D eigenvalue weighted by Gasteiger charge is -2.34. The van der Waals surface area contributed by atoms with Crippen molar-refractivity contribution >= 4 is 27.5 Å². The topological polar surface area (TPSA) is 105 Å². The predicted octanol–water partition coefficient (Wildman–Crippen LogP) is 5.76. The lowest BCUT2D eigenvalue weighted by atomic mass is 10.0. The number of rotatable bonds is 16. The number of nitrogens with one attached hydrogen (secondary N) is 1. The van der Waals surface area contributed by atoms with Gasteiger partial charge in [0, 0.05) is 25.6 Å². The molecule has 0 aliphatic carbocycles. The van der Waals surface area contributed by atoms with Gasteiger partial charge in [-0.05, 0) is 60.9 Å². The third kappa shape index (κ3) is 9.36. The molecule has 0 radical (unpaired) electrons. The van der Waals surface area contributed by atoms with Gasteiger partial charge in [-0.15, -0.1) is 0 Å². The minimum Gasteiger partial charge on any atom is -0.497 e. The Morgan fingerprint density at radius 3 is 2.11 bits per heavy atom. The Labute approximate surface area is 278 Å². The fraction of sp³-hybridized carbons (Fsp3) is 0.297. The minimum absolute atomic E-state index is 0.0382. The smallest absolute Gasteiger partial charge is 0.264 e. The first-order valence-corrected chi connectivity index (χ1v) is 17.1. The first-order valence-electron chi connectivity index (χ1n) is 15.6. The van der Waals surface area contributed by atoms with Crippen LogP contribution in [0.25, 0.3) is 0 Å². The highest BCUT2D eigenvalue weighted by Crippen LogP contribution is 2.28. The van der Waals surface area contributed by atoms with Crippen molar-refractivity contribution in [3.63, 3.8) is 0 Å². The first-order chi connectivity index (χ1) is 22.7. The largest absolute Gasteiger partial charge is 0.497 e. The van der Waals surface area contributed by atoms with Gasteiger partial charge in [0.2, 0.25) is 11.8 Å². The molecule has 4 rings (SSSR count). The Morgan fingerprint density at radius 1 is 0.809 bits per heavy atom. The van der Waals surface area contributed by atoms with Crippen LogP contribution in [0.4, 0.5) is 5.69 Å². The van der Waals surface area contributed by atoms with Crippen molar-refractivity contribution in [1.82, 2.24) is 10.2 Å². The number of carbonyl (C=O) groups is 2. The maximum atomic E-state index is 14.6. The summed E-state index contributed by atoms with van der Waals surface area (Å²) in [5.41, 5.74) is 2.75. The van der Waals surface area contributed by atoms with E-state index in [1.165, 1.54) is 24.1 Å². The van der Waals surface area contributed by atoms with Crippen LogP contribution in [0, 0.1) is 6.92 Å². The summed E-state index contributed by atoms with van der Waals surface area (Å²) >= 11 is 0. The van der Waals surface area contributed by atoms with Gasteiger partial charge >= 0.3 is 0 Å². The molecule has 10 heteroatoms. The molecule has 0 spiro atoms. The number of hydrogen-bond acceptors (Lipinski definition) is 6.